The molecule has 0 saturated carbocycles. The number of rotatable bonds is 4. The molecule has 0 radical (unpaired) electrons. The molecule has 5 heteroatoms. The Bertz CT molecular complexity index is 579. The highest BCUT2D eigenvalue weighted by Crippen LogP contribution is 2.27. The maximum atomic E-state index is 5.69. The topological polar surface area (TPSA) is 63.8 Å². The molecule has 100 valence electrons. The Morgan fingerprint density at radius 2 is 2.21 bits per heavy atom. The molecule has 0 fully saturated rings. The summed E-state index contributed by atoms with van der Waals surface area (Å²) in [5.41, 5.74) is 8.21. The average Bonchev–Trinajstić information content (AvgIpc) is 3.04. The van der Waals surface area contributed by atoms with Crippen LogP contribution in [0.25, 0.3) is 0 Å². The van der Waals surface area contributed by atoms with E-state index in [0.29, 0.717) is 0 Å². The van der Waals surface area contributed by atoms with Gasteiger partial charge in [-0.2, -0.15) is 0 Å². The van der Waals surface area contributed by atoms with E-state index in [-0.39, 0.29) is 6.04 Å². The van der Waals surface area contributed by atoms with Gasteiger partial charge in [-0.15, -0.1) is 5.10 Å². The summed E-state index contributed by atoms with van der Waals surface area (Å²) in [6, 6.07) is 6.91. The van der Waals surface area contributed by atoms with E-state index >= 15 is 0 Å². The van der Waals surface area contributed by atoms with E-state index in [9.17, 15) is 0 Å². The van der Waals surface area contributed by atoms with Gasteiger partial charge in [0.15, 0.2) is 0 Å². The Kier molecular flexibility index (Phi) is 3.59. The summed E-state index contributed by atoms with van der Waals surface area (Å²) in [7, 11) is 0. The van der Waals surface area contributed by atoms with Gasteiger partial charge in [0, 0.05) is 0 Å². The van der Waals surface area contributed by atoms with Crippen LogP contribution in [0.3, 0.4) is 0 Å². The van der Waals surface area contributed by atoms with Gasteiger partial charge in [0.05, 0.1) is 16.6 Å². The van der Waals surface area contributed by atoms with Gasteiger partial charge in [0.1, 0.15) is 0 Å². The Labute approximate surface area is 117 Å². The van der Waals surface area contributed by atoms with E-state index in [0.717, 1.165) is 17.0 Å². The number of hydrogen-bond donors (Lipinski definition) is 2. The molecular weight excluding hydrogens is 256 g/mol. The highest BCUT2D eigenvalue weighted by molar-refractivity contribution is 7.05. The molecule has 1 aliphatic rings. The van der Waals surface area contributed by atoms with E-state index in [2.05, 4.69) is 33.2 Å². The summed E-state index contributed by atoms with van der Waals surface area (Å²) in [5, 5.41) is 4.06. The third kappa shape index (κ3) is 2.54. The fourth-order valence-corrected chi connectivity index (χ4v) is 3.47. The Morgan fingerprint density at radius 1 is 1.37 bits per heavy atom. The number of nitrogens with zero attached hydrogens (tertiary/aromatic N) is 2. The van der Waals surface area contributed by atoms with Crippen LogP contribution in [0.1, 0.15) is 39.7 Å². The molecule has 0 aliphatic heterocycles. The van der Waals surface area contributed by atoms with Gasteiger partial charge >= 0.3 is 0 Å². The predicted octanol–water partition coefficient (Wildman–Crippen LogP) is 2.08. The molecule has 3 rings (SSSR count). The van der Waals surface area contributed by atoms with Gasteiger partial charge in [0.2, 0.25) is 0 Å². The molecule has 1 aromatic heterocycles. The molecule has 1 atom stereocenters. The smallest absolute Gasteiger partial charge is 0.0773 e. The number of nitrogens with two attached hydrogens (primary N) is 1. The van der Waals surface area contributed by atoms with Crippen molar-refractivity contribution in [3.8, 4) is 0 Å². The number of hydrogen-bond acceptors (Lipinski definition) is 5. The van der Waals surface area contributed by atoms with Crippen LogP contribution < -0.4 is 11.3 Å². The minimum Gasteiger partial charge on any atom is -0.271 e. The summed E-state index contributed by atoms with van der Waals surface area (Å²) in [6.07, 6.45) is 4.61. The molecule has 2 aromatic rings. The minimum absolute atomic E-state index is 0.0967. The average molecular weight is 274 g/mol. The van der Waals surface area contributed by atoms with E-state index in [1.54, 1.807) is 0 Å². The van der Waals surface area contributed by atoms with Crippen LogP contribution in [0.2, 0.25) is 0 Å². The summed E-state index contributed by atoms with van der Waals surface area (Å²) in [4.78, 5) is 1.13. The Balaban J connectivity index is 1.81. The first-order chi connectivity index (χ1) is 9.28. The largest absolute Gasteiger partial charge is 0.271 e. The van der Waals surface area contributed by atoms with E-state index in [4.69, 9.17) is 5.84 Å². The molecule has 19 heavy (non-hydrogen) atoms. The molecular formula is C14H18N4S. The Morgan fingerprint density at radius 3 is 2.95 bits per heavy atom. The van der Waals surface area contributed by atoms with Crippen molar-refractivity contribution in [3.05, 3.63) is 45.5 Å². The lowest BCUT2D eigenvalue weighted by Gasteiger charge is -2.15. The summed E-state index contributed by atoms with van der Waals surface area (Å²) < 4.78 is 3.99. The quantitative estimate of drug-likeness (QED) is 0.662. The first kappa shape index (κ1) is 12.7. The SMILES string of the molecule is Cc1nnsc1C(Cc1ccc2c(c1)CCC2)NN. The fourth-order valence-electron chi connectivity index (χ4n) is 2.77. The van der Waals surface area contributed by atoms with Crippen LogP contribution in [0.5, 0.6) is 0 Å². The van der Waals surface area contributed by atoms with Crippen LogP contribution in [0.4, 0.5) is 0 Å². The number of aryl methyl sites for hydroxylation is 3. The predicted molar refractivity (Wildman–Crippen MR) is 76.9 cm³/mol. The standard InChI is InChI=1S/C14H18N4S/c1-9-14(19-18-17-9)13(16-15)8-10-5-6-11-3-2-4-12(11)7-10/h5-7,13,16H,2-4,8,15H2,1H3. The van der Waals surface area contributed by atoms with Crippen molar-refractivity contribution >= 4 is 11.5 Å². The fraction of sp³-hybridized carbons (Fsp3) is 0.429. The van der Waals surface area contributed by atoms with Gasteiger partial charge in [-0.1, -0.05) is 22.7 Å². The van der Waals surface area contributed by atoms with E-state index in [1.807, 2.05) is 6.92 Å². The van der Waals surface area contributed by atoms with Crippen molar-refractivity contribution in [3.63, 3.8) is 0 Å². The summed E-state index contributed by atoms with van der Waals surface area (Å²) >= 11 is 1.42. The summed E-state index contributed by atoms with van der Waals surface area (Å²) in [6.45, 7) is 1.98. The molecule has 4 nitrogen and oxygen atoms in total. The van der Waals surface area contributed by atoms with Crippen LogP contribution in [-0.2, 0) is 19.3 Å². The number of fused-ring (bicyclic) bond motifs is 1. The maximum Gasteiger partial charge on any atom is 0.0773 e. The molecule has 0 spiro atoms. The van der Waals surface area contributed by atoms with E-state index in [1.165, 1.54) is 47.5 Å². The van der Waals surface area contributed by atoms with Gasteiger partial charge in [-0.05, 0) is 60.8 Å². The first-order valence-corrected chi connectivity index (χ1v) is 7.41. The van der Waals surface area contributed by atoms with Gasteiger partial charge < -0.3 is 0 Å². The molecule has 0 saturated heterocycles. The molecule has 1 aliphatic carbocycles. The van der Waals surface area contributed by atoms with Crippen LogP contribution >= 0.6 is 11.5 Å². The highest BCUT2D eigenvalue weighted by atomic mass is 32.1. The third-order valence-electron chi connectivity index (χ3n) is 3.81. The monoisotopic (exact) mass is 274 g/mol. The van der Waals surface area contributed by atoms with Gasteiger partial charge in [-0.25, -0.2) is 0 Å². The van der Waals surface area contributed by atoms with Gasteiger partial charge in [0.25, 0.3) is 0 Å². The number of nitrogens with one attached hydrogen (secondary N) is 1. The second kappa shape index (κ2) is 5.36. The molecule has 1 aromatic carbocycles. The first-order valence-electron chi connectivity index (χ1n) is 6.63. The lowest BCUT2D eigenvalue weighted by Crippen LogP contribution is -2.29. The second-order valence-electron chi connectivity index (χ2n) is 5.10. The van der Waals surface area contributed by atoms with E-state index < -0.39 is 0 Å². The summed E-state index contributed by atoms with van der Waals surface area (Å²) in [5.74, 6) is 5.69. The van der Waals surface area contributed by atoms with Crippen LogP contribution in [-0.4, -0.2) is 9.59 Å². The van der Waals surface area contributed by atoms with Crippen molar-refractivity contribution in [1.29, 1.82) is 0 Å². The normalized spacial score (nSPS) is 15.5. The lowest BCUT2D eigenvalue weighted by atomic mass is 10.00. The second-order valence-corrected chi connectivity index (χ2v) is 5.89. The van der Waals surface area contributed by atoms with Crippen LogP contribution in [0.15, 0.2) is 18.2 Å². The van der Waals surface area contributed by atoms with Crippen molar-refractivity contribution in [2.75, 3.05) is 0 Å². The molecule has 0 bridgehead atoms. The Hall–Kier alpha value is -1.30. The number of hydrazine groups is 1. The van der Waals surface area contributed by atoms with Crippen molar-refractivity contribution < 1.29 is 0 Å². The van der Waals surface area contributed by atoms with Gasteiger partial charge in [-0.3, -0.25) is 11.3 Å². The third-order valence-corrected chi connectivity index (χ3v) is 4.75. The minimum atomic E-state index is 0.0967. The zero-order chi connectivity index (χ0) is 13.2. The molecule has 0 amide bonds. The molecule has 1 unspecified atom stereocenters. The lowest BCUT2D eigenvalue weighted by molar-refractivity contribution is 0.557. The number of benzene rings is 1. The zero-order valence-electron chi connectivity index (χ0n) is 11.0. The zero-order valence-corrected chi connectivity index (χ0v) is 11.8. The highest BCUT2D eigenvalue weighted by Gasteiger charge is 2.18. The van der Waals surface area contributed by atoms with Crippen molar-refractivity contribution in [1.82, 2.24) is 15.0 Å². The van der Waals surface area contributed by atoms with Crippen LogP contribution in [0, 0.1) is 6.92 Å². The molecule has 3 N–H and O–H groups in total. The molecule has 1 heterocycles. The van der Waals surface area contributed by atoms with Crippen molar-refractivity contribution in [2.45, 2.75) is 38.6 Å². The van der Waals surface area contributed by atoms with Crippen molar-refractivity contribution in [2.24, 2.45) is 5.84 Å². The number of aromatic nitrogens is 2. The maximum absolute atomic E-state index is 5.69.